The van der Waals surface area contributed by atoms with Gasteiger partial charge < -0.3 is 16.2 Å². The SMILES string of the molecule is Nc1cccc(-n2c(=O)[nH]c(O)c(/C=C/C=C3\C(=O)NC(=O)N(c4cccc(NC(=O)c5ccccc5)c4)C3=O)c2=O)c1. The number of imide groups is 2. The lowest BCUT2D eigenvalue weighted by Crippen LogP contribution is -2.54. The monoisotopic (exact) mass is 578 g/mol. The van der Waals surface area contributed by atoms with Crippen LogP contribution in [0.15, 0.2) is 106 Å². The topological polar surface area (TPSA) is 197 Å². The van der Waals surface area contributed by atoms with Crippen molar-refractivity contribution in [2.24, 2.45) is 0 Å². The molecule has 3 aromatic carbocycles. The number of nitrogen functional groups attached to an aromatic ring is 1. The van der Waals surface area contributed by atoms with E-state index in [9.17, 15) is 33.9 Å². The van der Waals surface area contributed by atoms with E-state index in [0.29, 0.717) is 21.8 Å². The first-order chi connectivity index (χ1) is 20.6. The molecule has 0 saturated carbocycles. The molecule has 0 bridgehead atoms. The molecule has 1 saturated heterocycles. The number of H-pyrrole nitrogens is 1. The molecule has 214 valence electrons. The van der Waals surface area contributed by atoms with Crippen molar-refractivity contribution in [3.63, 3.8) is 0 Å². The number of aromatic nitrogens is 2. The maximum atomic E-state index is 13.3. The molecule has 1 aromatic heterocycles. The van der Waals surface area contributed by atoms with E-state index in [1.54, 1.807) is 42.5 Å². The van der Waals surface area contributed by atoms with Gasteiger partial charge in [-0.15, -0.1) is 0 Å². The fourth-order valence-electron chi connectivity index (χ4n) is 4.25. The lowest BCUT2D eigenvalue weighted by molar-refractivity contribution is -0.122. The molecule has 43 heavy (non-hydrogen) atoms. The minimum Gasteiger partial charge on any atom is -0.494 e. The van der Waals surface area contributed by atoms with Crippen LogP contribution >= 0.6 is 0 Å². The third-order valence-electron chi connectivity index (χ3n) is 6.27. The molecule has 1 fully saturated rings. The van der Waals surface area contributed by atoms with Crippen molar-refractivity contribution in [2.45, 2.75) is 0 Å². The Kier molecular flexibility index (Phi) is 7.53. The number of anilines is 3. The van der Waals surface area contributed by atoms with Crippen molar-refractivity contribution < 1.29 is 24.3 Å². The van der Waals surface area contributed by atoms with Crippen LogP contribution in [0.3, 0.4) is 0 Å². The number of allylic oxidation sites excluding steroid dienone is 2. The van der Waals surface area contributed by atoms with Gasteiger partial charge in [0.1, 0.15) is 11.1 Å². The largest absolute Gasteiger partial charge is 0.494 e. The minimum atomic E-state index is -1.01. The van der Waals surface area contributed by atoms with E-state index >= 15 is 0 Å². The van der Waals surface area contributed by atoms with E-state index in [-0.39, 0.29) is 16.9 Å². The van der Waals surface area contributed by atoms with Gasteiger partial charge in [-0.05, 0) is 60.7 Å². The third kappa shape index (κ3) is 5.71. The summed E-state index contributed by atoms with van der Waals surface area (Å²) in [5.74, 6) is -3.12. The Labute approximate surface area is 242 Å². The van der Waals surface area contributed by atoms with Crippen molar-refractivity contribution in [3.8, 4) is 11.6 Å². The van der Waals surface area contributed by atoms with Crippen LogP contribution in [-0.4, -0.2) is 38.4 Å². The highest BCUT2D eigenvalue weighted by Gasteiger charge is 2.36. The number of aromatic amines is 1. The first-order valence-corrected chi connectivity index (χ1v) is 12.6. The Bertz CT molecular complexity index is 1970. The predicted molar refractivity (Wildman–Crippen MR) is 158 cm³/mol. The van der Waals surface area contributed by atoms with Gasteiger partial charge in [0.05, 0.1) is 11.4 Å². The molecule has 6 N–H and O–H groups in total. The summed E-state index contributed by atoms with van der Waals surface area (Å²) < 4.78 is 0.755. The first kappa shape index (κ1) is 28.0. The maximum Gasteiger partial charge on any atom is 0.335 e. The van der Waals surface area contributed by atoms with Gasteiger partial charge >= 0.3 is 11.7 Å². The molecule has 13 nitrogen and oxygen atoms in total. The number of rotatable bonds is 6. The Morgan fingerprint density at radius 3 is 2.35 bits per heavy atom. The van der Waals surface area contributed by atoms with Crippen LogP contribution in [0, 0.1) is 0 Å². The Balaban J connectivity index is 1.43. The molecular formula is C30H22N6O7. The summed E-state index contributed by atoms with van der Waals surface area (Å²) in [6.07, 6.45) is 3.27. The van der Waals surface area contributed by atoms with Gasteiger partial charge in [-0.25, -0.2) is 19.1 Å². The van der Waals surface area contributed by atoms with E-state index in [4.69, 9.17) is 5.73 Å². The molecule has 1 aliphatic rings. The quantitative estimate of drug-likeness (QED) is 0.130. The fourth-order valence-corrected chi connectivity index (χ4v) is 4.25. The Morgan fingerprint density at radius 1 is 0.884 bits per heavy atom. The average Bonchev–Trinajstić information content (AvgIpc) is 2.96. The zero-order chi connectivity index (χ0) is 30.7. The van der Waals surface area contributed by atoms with Gasteiger partial charge in [-0.3, -0.25) is 29.5 Å². The molecule has 13 heteroatoms. The van der Waals surface area contributed by atoms with Gasteiger partial charge in [-0.2, -0.15) is 0 Å². The van der Waals surface area contributed by atoms with E-state index in [1.165, 1.54) is 36.4 Å². The second kappa shape index (κ2) is 11.5. The molecule has 0 unspecified atom stereocenters. The number of aromatic hydroxyl groups is 1. The normalized spacial score (nSPS) is 14.3. The van der Waals surface area contributed by atoms with Crippen LogP contribution < -0.4 is 32.5 Å². The Morgan fingerprint density at radius 2 is 1.60 bits per heavy atom. The fraction of sp³-hybridized carbons (Fsp3) is 0. The van der Waals surface area contributed by atoms with Crippen LogP contribution in [0.1, 0.15) is 15.9 Å². The second-order valence-electron chi connectivity index (χ2n) is 9.14. The standard InChI is InChI=1S/C30H22N6O7/c31-18-9-4-11-20(15-18)35-27(40)22(25(38)33-29(35)42)13-6-14-23-26(39)34-30(43)36(28(23)41)21-12-5-10-19(16-21)32-24(37)17-7-2-1-3-8-17/h1-16,38H,31H2,(H,32,37)(H,33,42)(H,34,39,43)/b13-6+,23-14+. The number of amides is 5. The summed E-state index contributed by atoms with van der Waals surface area (Å²) >= 11 is 0. The highest BCUT2D eigenvalue weighted by Crippen LogP contribution is 2.24. The number of carbonyl (C=O) groups excluding carboxylic acids is 4. The number of urea groups is 1. The number of benzene rings is 3. The number of barbiturate groups is 1. The second-order valence-corrected chi connectivity index (χ2v) is 9.14. The molecule has 5 rings (SSSR count). The number of nitrogens with zero attached hydrogens (tertiary/aromatic N) is 2. The van der Waals surface area contributed by atoms with Crippen LogP contribution in [0.4, 0.5) is 21.9 Å². The molecule has 5 amide bonds. The zero-order valence-corrected chi connectivity index (χ0v) is 22.1. The molecule has 1 aliphatic heterocycles. The number of hydrogen-bond acceptors (Lipinski definition) is 8. The van der Waals surface area contributed by atoms with Crippen molar-refractivity contribution >= 4 is 46.9 Å². The van der Waals surface area contributed by atoms with Crippen LogP contribution in [0.2, 0.25) is 0 Å². The number of nitrogens with two attached hydrogens (primary N) is 1. The van der Waals surface area contributed by atoms with E-state index in [0.717, 1.165) is 22.8 Å². The minimum absolute atomic E-state index is 0.0686. The van der Waals surface area contributed by atoms with Gasteiger partial charge in [0.15, 0.2) is 0 Å². The number of nitrogens with one attached hydrogen (secondary N) is 3. The predicted octanol–water partition coefficient (Wildman–Crippen LogP) is 2.29. The molecule has 0 aliphatic carbocycles. The molecule has 4 aromatic rings. The maximum absolute atomic E-state index is 13.3. The van der Waals surface area contributed by atoms with Gasteiger partial charge in [-0.1, -0.05) is 36.4 Å². The highest BCUT2D eigenvalue weighted by molar-refractivity contribution is 6.37. The molecular weight excluding hydrogens is 556 g/mol. The van der Waals surface area contributed by atoms with E-state index in [1.807, 2.05) is 0 Å². The van der Waals surface area contributed by atoms with Gasteiger partial charge in [0.2, 0.25) is 5.88 Å². The van der Waals surface area contributed by atoms with Crippen molar-refractivity contribution in [1.29, 1.82) is 0 Å². The number of carbonyl (C=O) groups is 4. The smallest absolute Gasteiger partial charge is 0.335 e. The molecule has 2 heterocycles. The van der Waals surface area contributed by atoms with Crippen molar-refractivity contribution in [1.82, 2.24) is 14.9 Å². The van der Waals surface area contributed by atoms with Gasteiger partial charge in [0, 0.05) is 16.9 Å². The number of hydrogen-bond donors (Lipinski definition) is 5. The molecule has 0 radical (unpaired) electrons. The van der Waals surface area contributed by atoms with Crippen LogP contribution in [0.5, 0.6) is 5.88 Å². The van der Waals surface area contributed by atoms with E-state index in [2.05, 4.69) is 15.6 Å². The molecule has 0 spiro atoms. The summed E-state index contributed by atoms with van der Waals surface area (Å²) in [6, 6.07) is 19.3. The van der Waals surface area contributed by atoms with Crippen molar-refractivity contribution in [3.05, 3.63) is 129 Å². The van der Waals surface area contributed by atoms with E-state index < -0.39 is 46.5 Å². The van der Waals surface area contributed by atoms with Crippen molar-refractivity contribution in [2.75, 3.05) is 16.0 Å². The third-order valence-corrected chi connectivity index (χ3v) is 6.27. The summed E-state index contributed by atoms with van der Waals surface area (Å²) in [6.45, 7) is 0. The molecule has 0 atom stereocenters. The highest BCUT2D eigenvalue weighted by atomic mass is 16.3. The summed E-state index contributed by atoms with van der Waals surface area (Å²) in [5.41, 5.74) is 4.33. The summed E-state index contributed by atoms with van der Waals surface area (Å²) in [4.78, 5) is 79.3. The summed E-state index contributed by atoms with van der Waals surface area (Å²) in [5, 5.41) is 15.0. The first-order valence-electron chi connectivity index (χ1n) is 12.6. The lowest BCUT2D eigenvalue weighted by Gasteiger charge is -2.26. The average molecular weight is 579 g/mol. The Hall–Kier alpha value is -6.50. The van der Waals surface area contributed by atoms with Crippen LogP contribution in [-0.2, 0) is 9.59 Å². The lowest BCUT2D eigenvalue weighted by atomic mass is 10.1. The summed E-state index contributed by atoms with van der Waals surface area (Å²) in [7, 11) is 0. The van der Waals surface area contributed by atoms with Gasteiger partial charge in [0.25, 0.3) is 23.3 Å². The zero-order valence-electron chi connectivity index (χ0n) is 22.1. The van der Waals surface area contributed by atoms with Crippen LogP contribution in [0.25, 0.3) is 11.8 Å².